The van der Waals surface area contributed by atoms with Crippen LogP contribution in [0.25, 0.3) is 0 Å². The molecule has 0 spiro atoms. The zero-order valence-corrected chi connectivity index (χ0v) is 11.7. The number of aromatic amines is 1. The summed E-state index contributed by atoms with van der Waals surface area (Å²) in [5.74, 6) is 0.615. The quantitative estimate of drug-likeness (QED) is 0.941. The highest BCUT2D eigenvalue weighted by Gasteiger charge is 2.30. The average molecular weight is 290 g/mol. The Morgan fingerprint density at radius 3 is 2.90 bits per heavy atom. The van der Waals surface area contributed by atoms with Crippen molar-refractivity contribution in [1.82, 2.24) is 9.88 Å². The highest BCUT2D eigenvalue weighted by molar-refractivity contribution is 7.99. The molecule has 2 aromatic rings. The Bertz CT molecular complexity index is 600. The smallest absolute Gasteiger partial charge is 0.224 e. The van der Waals surface area contributed by atoms with Crippen molar-refractivity contribution >= 4 is 17.7 Å². The van der Waals surface area contributed by atoms with Gasteiger partial charge in [0.05, 0.1) is 6.54 Å². The molecule has 3 rings (SSSR count). The molecule has 0 saturated carbocycles. The molecule has 104 valence electrons. The van der Waals surface area contributed by atoms with E-state index < -0.39 is 0 Å². The van der Waals surface area contributed by atoms with Crippen molar-refractivity contribution in [3.8, 4) is 0 Å². The lowest BCUT2D eigenvalue weighted by Gasteiger charge is -2.34. The van der Waals surface area contributed by atoms with E-state index in [1.165, 1.54) is 6.07 Å². The number of carbonyl (C=O) groups is 1. The van der Waals surface area contributed by atoms with Crippen molar-refractivity contribution < 1.29 is 9.18 Å². The van der Waals surface area contributed by atoms with Crippen molar-refractivity contribution in [3.63, 3.8) is 0 Å². The number of halogens is 1. The molecule has 1 aliphatic rings. The van der Waals surface area contributed by atoms with Crippen LogP contribution in [0.2, 0.25) is 0 Å². The van der Waals surface area contributed by atoms with Crippen LogP contribution < -0.4 is 0 Å². The number of amides is 1. The Balaban J connectivity index is 1.87. The number of hydrogen-bond acceptors (Lipinski definition) is 2. The molecule has 5 heteroatoms. The summed E-state index contributed by atoms with van der Waals surface area (Å²) < 4.78 is 13.8. The van der Waals surface area contributed by atoms with Crippen molar-refractivity contribution in [1.29, 1.82) is 0 Å². The summed E-state index contributed by atoms with van der Waals surface area (Å²) >= 11 is 1.71. The summed E-state index contributed by atoms with van der Waals surface area (Å²) in [5, 5.41) is -0.0640. The number of aromatic nitrogens is 1. The summed E-state index contributed by atoms with van der Waals surface area (Å²) in [4.78, 5) is 17.1. The molecule has 2 heterocycles. The van der Waals surface area contributed by atoms with E-state index in [0.717, 1.165) is 11.4 Å². The van der Waals surface area contributed by atoms with Gasteiger partial charge in [-0.1, -0.05) is 18.2 Å². The molecule has 1 fully saturated rings. The number of H-pyrrole nitrogens is 1. The summed E-state index contributed by atoms with van der Waals surface area (Å²) in [7, 11) is 0. The van der Waals surface area contributed by atoms with E-state index >= 15 is 0 Å². The van der Waals surface area contributed by atoms with Gasteiger partial charge in [0.1, 0.15) is 11.2 Å². The zero-order valence-electron chi connectivity index (χ0n) is 10.9. The summed E-state index contributed by atoms with van der Waals surface area (Å²) in [6.45, 7) is 0.308. The first-order chi connectivity index (χ1) is 9.75. The van der Waals surface area contributed by atoms with Crippen LogP contribution in [0.5, 0.6) is 0 Å². The predicted molar refractivity (Wildman–Crippen MR) is 77.6 cm³/mol. The van der Waals surface area contributed by atoms with E-state index in [9.17, 15) is 9.18 Å². The molecule has 1 atom stereocenters. The normalized spacial score (nSPS) is 19.4. The van der Waals surface area contributed by atoms with Crippen LogP contribution in [-0.4, -0.2) is 21.5 Å². The predicted octanol–water partition coefficient (Wildman–Crippen LogP) is 3.32. The third-order valence-corrected chi connectivity index (χ3v) is 4.65. The van der Waals surface area contributed by atoms with Crippen molar-refractivity contribution in [2.24, 2.45) is 0 Å². The summed E-state index contributed by atoms with van der Waals surface area (Å²) in [6.07, 6.45) is 2.35. The van der Waals surface area contributed by atoms with Crippen LogP contribution in [0, 0.1) is 5.82 Å². The molecule has 1 saturated heterocycles. The van der Waals surface area contributed by atoms with Gasteiger partial charge in [-0.15, -0.1) is 11.8 Å². The minimum atomic E-state index is -0.263. The molecule has 3 nitrogen and oxygen atoms in total. The summed E-state index contributed by atoms with van der Waals surface area (Å²) in [5.41, 5.74) is 1.54. The van der Waals surface area contributed by atoms with Gasteiger partial charge in [0.25, 0.3) is 0 Å². The average Bonchev–Trinajstić information content (AvgIpc) is 2.97. The first kappa shape index (κ1) is 13.2. The van der Waals surface area contributed by atoms with Gasteiger partial charge in [0.2, 0.25) is 5.91 Å². The molecular weight excluding hydrogens is 275 g/mol. The highest BCUT2D eigenvalue weighted by atomic mass is 32.2. The second-order valence-electron chi connectivity index (χ2n) is 4.71. The maximum atomic E-state index is 13.8. The van der Waals surface area contributed by atoms with Crippen molar-refractivity contribution in [2.75, 3.05) is 5.75 Å². The van der Waals surface area contributed by atoms with Gasteiger partial charge in [-0.2, -0.15) is 0 Å². The first-order valence-electron chi connectivity index (χ1n) is 6.53. The van der Waals surface area contributed by atoms with E-state index in [4.69, 9.17) is 0 Å². The minimum absolute atomic E-state index is 0.0640. The van der Waals surface area contributed by atoms with E-state index in [-0.39, 0.29) is 17.1 Å². The largest absolute Gasteiger partial charge is 0.363 e. The van der Waals surface area contributed by atoms with Gasteiger partial charge in [0.15, 0.2) is 0 Å². The zero-order chi connectivity index (χ0) is 13.9. The van der Waals surface area contributed by atoms with Crippen molar-refractivity contribution in [2.45, 2.75) is 18.3 Å². The molecule has 1 amide bonds. The van der Waals surface area contributed by atoms with Crippen LogP contribution in [-0.2, 0) is 11.3 Å². The van der Waals surface area contributed by atoms with Crippen LogP contribution in [0.15, 0.2) is 42.6 Å². The number of nitrogens with zero attached hydrogens (tertiary/aromatic N) is 1. The van der Waals surface area contributed by atoms with Crippen LogP contribution in [0.3, 0.4) is 0 Å². The number of benzene rings is 1. The minimum Gasteiger partial charge on any atom is -0.363 e. The second kappa shape index (κ2) is 5.71. The number of hydrogen-bond donors (Lipinski definition) is 1. The molecule has 20 heavy (non-hydrogen) atoms. The lowest BCUT2D eigenvalue weighted by atomic mass is 10.2. The lowest BCUT2D eigenvalue weighted by molar-refractivity contribution is -0.132. The number of thioether (sulfide) groups is 1. The van der Waals surface area contributed by atoms with Crippen LogP contribution in [0.4, 0.5) is 4.39 Å². The molecule has 1 aliphatic heterocycles. The molecule has 1 N–H and O–H groups in total. The standard InChI is InChI=1S/C15H15FN2OS/c16-12-5-2-1-4-11(12)10-18-14(19)7-9-20-15(18)13-6-3-8-17-13/h1-6,8,15,17H,7,9-10H2. The Hall–Kier alpha value is -1.75. The van der Waals surface area contributed by atoms with Gasteiger partial charge in [0, 0.05) is 29.6 Å². The highest BCUT2D eigenvalue weighted by Crippen LogP contribution is 2.37. The topological polar surface area (TPSA) is 36.1 Å². The Kier molecular flexibility index (Phi) is 3.78. The third-order valence-electron chi connectivity index (χ3n) is 3.38. The van der Waals surface area contributed by atoms with Gasteiger partial charge in [-0.05, 0) is 18.2 Å². The van der Waals surface area contributed by atoms with Gasteiger partial charge in [-0.25, -0.2) is 4.39 Å². The lowest BCUT2D eigenvalue weighted by Crippen LogP contribution is -2.37. The van der Waals surface area contributed by atoms with Crippen LogP contribution in [0.1, 0.15) is 23.1 Å². The maximum Gasteiger partial charge on any atom is 0.224 e. The van der Waals surface area contributed by atoms with Gasteiger partial charge in [-0.3, -0.25) is 4.79 Å². The van der Waals surface area contributed by atoms with Gasteiger partial charge < -0.3 is 9.88 Å². The van der Waals surface area contributed by atoms with E-state index in [0.29, 0.717) is 18.5 Å². The van der Waals surface area contributed by atoms with Crippen LogP contribution >= 0.6 is 11.8 Å². The maximum absolute atomic E-state index is 13.8. The first-order valence-corrected chi connectivity index (χ1v) is 7.58. The molecular formula is C15H15FN2OS. The SMILES string of the molecule is O=C1CCSC(c2ccc[nH]2)N1Cc1ccccc1F. The second-order valence-corrected chi connectivity index (χ2v) is 5.90. The van der Waals surface area contributed by atoms with E-state index in [1.54, 1.807) is 34.9 Å². The molecule has 0 radical (unpaired) electrons. The number of rotatable bonds is 3. The monoisotopic (exact) mass is 290 g/mol. The molecule has 1 aromatic heterocycles. The summed E-state index contributed by atoms with van der Waals surface area (Å²) in [6, 6.07) is 10.5. The van der Waals surface area contributed by atoms with Gasteiger partial charge >= 0.3 is 0 Å². The van der Waals surface area contributed by atoms with Crippen molar-refractivity contribution in [3.05, 3.63) is 59.7 Å². The number of nitrogens with one attached hydrogen (secondary N) is 1. The Labute approximate surface area is 121 Å². The molecule has 0 aliphatic carbocycles. The molecule has 1 aromatic carbocycles. The molecule has 0 bridgehead atoms. The third kappa shape index (κ3) is 2.58. The fourth-order valence-electron chi connectivity index (χ4n) is 2.36. The van der Waals surface area contributed by atoms with E-state index in [1.807, 2.05) is 18.3 Å². The number of carbonyl (C=O) groups excluding carboxylic acids is 1. The molecule has 1 unspecified atom stereocenters. The fraction of sp³-hybridized carbons (Fsp3) is 0.267. The Morgan fingerprint density at radius 2 is 2.15 bits per heavy atom. The fourth-order valence-corrected chi connectivity index (χ4v) is 3.57. The van der Waals surface area contributed by atoms with E-state index in [2.05, 4.69) is 4.98 Å². The Morgan fingerprint density at radius 1 is 1.30 bits per heavy atom.